The van der Waals surface area contributed by atoms with Crippen molar-refractivity contribution >= 4 is 10.9 Å². The standard InChI is InChI=1S/C14H20N2/c1-8-6-9(2)13-12(7-8)10(3)14(16-13)11(4)15-5/h6-7,11,15-16H,1-5H3. The molecule has 1 unspecified atom stereocenters. The first-order chi connectivity index (χ1) is 7.54. The second-order valence-electron chi connectivity index (χ2n) is 4.68. The third-order valence-corrected chi connectivity index (χ3v) is 3.41. The van der Waals surface area contributed by atoms with Crippen molar-refractivity contribution in [2.45, 2.75) is 33.7 Å². The summed E-state index contributed by atoms with van der Waals surface area (Å²) in [4.78, 5) is 3.55. The van der Waals surface area contributed by atoms with Crippen LogP contribution in [0.2, 0.25) is 0 Å². The molecule has 0 bridgehead atoms. The van der Waals surface area contributed by atoms with Crippen molar-refractivity contribution < 1.29 is 0 Å². The van der Waals surface area contributed by atoms with E-state index in [0.29, 0.717) is 6.04 Å². The summed E-state index contributed by atoms with van der Waals surface area (Å²) >= 11 is 0. The molecule has 0 fully saturated rings. The lowest BCUT2D eigenvalue weighted by molar-refractivity contribution is 0.634. The fraction of sp³-hybridized carbons (Fsp3) is 0.429. The van der Waals surface area contributed by atoms with Crippen LogP contribution in [0.3, 0.4) is 0 Å². The molecule has 2 heteroatoms. The van der Waals surface area contributed by atoms with Crippen LogP contribution >= 0.6 is 0 Å². The molecule has 0 radical (unpaired) electrons. The topological polar surface area (TPSA) is 27.8 Å². The number of hydrogen-bond acceptors (Lipinski definition) is 1. The first kappa shape index (κ1) is 11.2. The molecule has 1 aromatic carbocycles. The van der Waals surface area contributed by atoms with Crippen molar-refractivity contribution in [2.75, 3.05) is 7.05 Å². The number of nitrogens with one attached hydrogen (secondary N) is 2. The molecule has 0 saturated heterocycles. The van der Waals surface area contributed by atoms with Crippen LogP contribution < -0.4 is 5.32 Å². The predicted molar refractivity (Wildman–Crippen MR) is 70.0 cm³/mol. The lowest BCUT2D eigenvalue weighted by Crippen LogP contribution is -2.13. The van der Waals surface area contributed by atoms with Crippen LogP contribution in [0.1, 0.15) is 35.3 Å². The van der Waals surface area contributed by atoms with Crippen molar-refractivity contribution in [2.24, 2.45) is 0 Å². The Kier molecular flexibility index (Phi) is 2.76. The zero-order chi connectivity index (χ0) is 11.9. The maximum Gasteiger partial charge on any atom is 0.0489 e. The number of rotatable bonds is 2. The highest BCUT2D eigenvalue weighted by atomic mass is 14.9. The number of benzene rings is 1. The van der Waals surface area contributed by atoms with E-state index in [0.717, 1.165) is 0 Å². The average molecular weight is 216 g/mol. The summed E-state index contributed by atoms with van der Waals surface area (Å²) < 4.78 is 0. The van der Waals surface area contributed by atoms with Gasteiger partial charge in [-0.3, -0.25) is 0 Å². The van der Waals surface area contributed by atoms with E-state index in [1.54, 1.807) is 0 Å². The van der Waals surface area contributed by atoms with Crippen LogP contribution in [0.25, 0.3) is 10.9 Å². The number of aromatic amines is 1. The van der Waals surface area contributed by atoms with Gasteiger partial charge in [0.1, 0.15) is 0 Å². The molecule has 86 valence electrons. The number of fused-ring (bicyclic) bond motifs is 1. The number of aromatic nitrogens is 1. The molecule has 1 atom stereocenters. The van der Waals surface area contributed by atoms with Gasteiger partial charge in [-0.1, -0.05) is 11.6 Å². The lowest BCUT2D eigenvalue weighted by Gasteiger charge is -2.08. The molecule has 2 N–H and O–H groups in total. The summed E-state index contributed by atoms with van der Waals surface area (Å²) in [6, 6.07) is 4.86. The van der Waals surface area contributed by atoms with Crippen molar-refractivity contribution in [3.63, 3.8) is 0 Å². The van der Waals surface area contributed by atoms with E-state index in [4.69, 9.17) is 0 Å². The molecule has 0 saturated carbocycles. The fourth-order valence-electron chi connectivity index (χ4n) is 2.38. The van der Waals surface area contributed by atoms with Crippen LogP contribution in [-0.2, 0) is 0 Å². The van der Waals surface area contributed by atoms with Gasteiger partial charge in [-0.25, -0.2) is 0 Å². The molecule has 2 rings (SSSR count). The third-order valence-electron chi connectivity index (χ3n) is 3.41. The highest BCUT2D eigenvalue weighted by molar-refractivity contribution is 5.87. The van der Waals surface area contributed by atoms with Gasteiger partial charge in [0, 0.05) is 22.6 Å². The van der Waals surface area contributed by atoms with Gasteiger partial charge in [0.25, 0.3) is 0 Å². The van der Waals surface area contributed by atoms with Crippen LogP contribution in [0.5, 0.6) is 0 Å². The normalized spacial score (nSPS) is 13.3. The van der Waals surface area contributed by atoms with Gasteiger partial charge in [-0.2, -0.15) is 0 Å². The SMILES string of the molecule is CNC(C)c1[nH]c2c(C)cc(C)cc2c1C. The zero-order valence-electron chi connectivity index (χ0n) is 10.7. The summed E-state index contributed by atoms with van der Waals surface area (Å²) in [5.41, 5.74) is 6.60. The Bertz CT molecular complexity index is 523. The summed E-state index contributed by atoms with van der Waals surface area (Å²) in [5, 5.41) is 4.64. The molecule has 2 nitrogen and oxygen atoms in total. The average Bonchev–Trinajstić information content (AvgIpc) is 2.56. The van der Waals surface area contributed by atoms with E-state index in [1.165, 1.54) is 33.3 Å². The van der Waals surface area contributed by atoms with Gasteiger partial charge in [-0.15, -0.1) is 0 Å². The van der Waals surface area contributed by atoms with Crippen molar-refractivity contribution in [3.05, 3.63) is 34.5 Å². The van der Waals surface area contributed by atoms with Gasteiger partial charge in [0.2, 0.25) is 0 Å². The number of hydrogen-bond donors (Lipinski definition) is 2. The number of H-pyrrole nitrogens is 1. The van der Waals surface area contributed by atoms with Crippen molar-refractivity contribution in [3.8, 4) is 0 Å². The van der Waals surface area contributed by atoms with Gasteiger partial charge in [0.05, 0.1) is 0 Å². The number of aryl methyl sites for hydroxylation is 3. The minimum atomic E-state index is 0.368. The largest absolute Gasteiger partial charge is 0.357 e. The molecule has 1 aromatic heterocycles. The van der Waals surface area contributed by atoms with Gasteiger partial charge in [-0.05, 0) is 51.9 Å². The molecular weight excluding hydrogens is 196 g/mol. The highest BCUT2D eigenvalue weighted by Crippen LogP contribution is 2.28. The smallest absolute Gasteiger partial charge is 0.0489 e. The van der Waals surface area contributed by atoms with E-state index in [1.807, 2.05) is 7.05 Å². The monoisotopic (exact) mass is 216 g/mol. The van der Waals surface area contributed by atoms with Gasteiger partial charge in [0.15, 0.2) is 0 Å². The maximum absolute atomic E-state index is 3.55. The second kappa shape index (κ2) is 3.95. The van der Waals surface area contributed by atoms with E-state index in [2.05, 4.69) is 50.1 Å². The molecule has 2 aromatic rings. The van der Waals surface area contributed by atoms with Crippen LogP contribution in [0.4, 0.5) is 0 Å². The minimum Gasteiger partial charge on any atom is -0.357 e. The summed E-state index contributed by atoms with van der Waals surface area (Å²) in [7, 11) is 1.99. The first-order valence-electron chi connectivity index (χ1n) is 5.81. The van der Waals surface area contributed by atoms with Gasteiger partial charge < -0.3 is 10.3 Å². The van der Waals surface area contributed by atoms with E-state index in [9.17, 15) is 0 Å². The molecule has 16 heavy (non-hydrogen) atoms. The second-order valence-corrected chi connectivity index (χ2v) is 4.68. The quantitative estimate of drug-likeness (QED) is 0.791. The van der Waals surface area contributed by atoms with Crippen LogP contribution in [-0.4, -0.2) is 12.0 Å². The highest BCUT2D eigenvalue weighted by Gasteiger charge is 2.13. The molecular formula is C14H20N2. The van der Waals surface area contributed by atoms with Crippen molar-refractivity contribution in [1.29, 1.82) is 0 Å². The van der Waals surface area contributed by atoms with E-state index in [-0.39, 0.29) is 0 Å². The first-order valence-corrected chi connectivity index (χ1v) is 5.81. The van der Waals surface area contributed by atoms with Crippen molar-refractivity contribution in [1.82, 2.24) is 10.3 Å². The molecule has 0 spiro atoms. The Labute approximate surface area is 97.1 Å². The molecule has 0 aliphatic rings. The summed E-state index contributed by atoms with van der Waals surface area (Å²) in [6.07, 6.45) is 0. The Balaban J connectivity index is 2.72. The molecule has 0 amide bonds. The predicted octanol–water partition coefficient (Wildman–Crippen LogP) is 3.37. The zero-order valence-corrected chi connectivity index (χ0v) is 10.7. The Morgan fingerprint density at radius 1 is 1.19 bits per heavy atom. The minimum absolute atomic E-state index is 0.368. The Morgan fingerprint density at radius 2 is 1.88 bits per heavy atom. The van der Waals surface area contributed by atoms with E-state index < -0.39 is 0 Å². The summed E-state index contributed by atoms with van der Waals surface area (Å²) in [5.74, 6) is 0. The maximum atomic E-state index is 3.55. The fourth-order valence-corrected chi connectivity index (χ4v) is 2.38. The van der Waals surface area contributed by atoms with Gasteiger partial charge >= 0.3 is 0 Å². The van der Waals surface area contributed by atoms with Crippen LogP contribution in [0, 0.1) is 20.8 Å². The Morgan fingerprint density at radius 3 is 2.50 bits per heavy atom. The Hall–Kier alpha value is -1.28. The van der Waals surface area contributed by atoms with Crippen LogP contribution in [0.15, 0.2) is 12.1 Å². The molecule has 1 heterocycles. The molecule has 0 aliphatic carbocycles. The van der Waals surface area contributed by atoms with E-state index >= 15 is 0 Å². The third kappa shape index (κ3) is 1.63. The molecule has 0 aliphatic heterocycles. The summed E-state index contributed by atoms with van der Waals surface area (Å²) in [6.45, 7) is 8.69. The lowest BCUT2D eigenvalue weighted by atomic mass is 10.0.